The highest BCUT2D eigenvalue weighted by molar-refractivity contribution is 9.10. The molecule has 0 radical (unpaired) electrons. The molecule has 0 aliphatic rings. The predicted molar refractivity (Wildman–Crippen MR) is 79.6 cm³/mol. The fraction of sp³-hybridized carbons (Fsp3) is 0.357. The van der Waals surface area contributed by atoms with Crippen molar-refractivity contribution >= 4 is 27.9 Å². The van der Waals surface area contributed by atoms with E-state index in [1.54, 1.807) is 20.3 Å². The van der Waals surface area contributed by atoms with E-state index in [1.807, 2.05) is 26.0 Å². The van der Waals surface area contributed by atoms with Gasteiger partial charge in [0.05, 0.1) is 18.7 Å². The molecule has 0 aliphatic carbocycles. The molecule has 0 saturated heterocycles. The van der Waals surface area contributed by atoms with Crippen LogP contribution in [0, 0.1) is 0 Å². The number of carbonyl (C=O) groups is 1. The molecular formula is C14H18BrNO3. The zero-order chi connectivity index (χ0) is 14.4. The van der Waals surface area contributed by atoms with Crippen molar-refractivity contribution in [3.8, 4) is 11.5 Å². The number of carbonyl (C=O) groups excluding carboxylic acids is 1. The monoisotopic (exact) mass is 327 g/mol. The summed E-state index contributed by atoms with van der Waals surface area (Å²) in [6, 6.07) is 3.79. The summed E-state index contributed by atoms with van der Waals surface area (Å²) < 4.78 is 11.2. The number of hydrogen-bond donors (Lipinski definition) is 1. The van der Waals surface area contributed by atoms with Crippen molar-refractivity contribution in [3.05, 3.63) is 28.2 Å². The van der Waals surface area contributed by atoms with E-state index in [9.17, 15) is 4.79 Å². The molecule has 1 aromatic carbocycles. The molecule has 1 amide bonds. The summed E-state index contributed by atoms with van der Waals surface area (Å²) in [6.45, 7) is 3.83. The van der Waals surface area contributed by atoms with E-state index in [-0.39, 0.29) is 11.9 Å². The van der Waals surface area contributed by atoms with Crippen molar-refractivity contribution in [1.82, 2.24) is 5.32 Å². The summed E-state index contributed by atoms with van der Waals surface area (Å²) in [5, 5.41) is 2.79. The first-order valence-corrected chi connectivity index (χ1v) is 6.67. The average Bonchev–Trinajstić information content (AvgIpc) is 2.34. The first-order valence-electron chi connectivity index (χ1n) is 5.88. The van der Waals surface area contributed by atoms with E-state index in [4.69, 9.17) is 9.47 Å². The van der Waals surface area contributed by atoms with Gasteiger partial charge in [-0.1, -0.05) is 0 Å². The molecule has 0 saturated carbocycles. The minimum Gasteiger partial charge on any atom is -0.493 e. The maximum absolute atomic E-state index is 11.5. The largest absolute Gasteiger partial charge is 0.493 e. The van der Waals surface area contributed by atoms with Crippen molar-refractivity contribution in [1.29, 1.82) is 0 Å². The maximum atomic E-state index is 11.5. The molecule has 0 aliphatic heterocycles. The molecular weight excluding hydrogens is 310 g/mol. The van der Waals surface area contributed by atoms with E-state index in [1.165, 1.54) is 6.08 Å². The standard InChI is InChI=1S/C14H18BrNO3/c1-9(2)16-13(17)6-5-10-7-11(15)14(19-4)12(8-10)18-3/h5-9H,1-4H3,(H,16,17)/b6-5+. The quantitative estimate of drug-likeness (QED) is 0.846. The Morgan fingerprint density at radius 3 is 2.53 bits per heavy atom. The lowest BCUT2D eigenvalue weighted by Gasteiger charge is -2.10. The van der Waals surface area contributed by atoms with Crippen molar-refractivity contribution in [2.45, 2.75) is 19.9 Å². The summed E-state index contributed by atoms with van der Waals surface area (Å²) in [6.07, 6.45) is 3.22. The van der Waals surface area contributed by atoms with Crippen LogP contribution in [0.25, 0.3) is 6.08 Å². The summed E-state index contributed by atoms with van der Waals surface area (Å²) >= 11 is 3.41. The number of methoxy groups -OCH3 is 2. The predicted octanol–water partition coefficient (Wildman–Crippen LogP) is 3.00. The van der Waals surface area contributed by atoms with Crippen molar-refractivity contribution in [2.24, 2.45) is 0 Å². The van der Waals surface area contributed by atoms with Crippen LogP contribution in [0.5, 0.6) is 11.5 Å². The number of nitrogens with one attached hydrogen (secondary N) is 1. The molecule has 0 aromatic heterocycles. The molecule has 0 atom stereocenters. The Hall–Kier alpha value is -1.49. The van der Waals surface area contributed by atoms with Crippen LogP contribution in [-0.4, -0.2) is 26.2 Å². The van der Waals surface area contributed by atoms with Crippen molar-refractivity contribution < 1.29 is 14.3 Å². The number of ether oxygens (including phenoxy) is 2. The average molecular weight is 328 g/mol. The van der Waals surface area contributed by atoms with Gasteiger partial charge in [0.2, 0.25) is 5.91 Å². The minimum atomic E-state index is -0.124. The summed E-state index contributed by atoms with van der Waals surface area (Å²) in [5.74, 6) is 1.12. The Kier molecular flexibility index (Phi) is 5.89. The Balaban J connectivity index is 2.93. The Morgan fingerprint density at radius 1 is 1.32 bits per heavy atom. The van der Waals surface area contributed by atoms with Gasteiger partial charge in [-0.05, 0) is 53.5 Å². The molecule has 0 unspecified atom stereocenters. The van der Waals surface area contributed by atoms with Crippen molar-refractivity contribution in [2.75, 3.05) is 14.2 Å². The highest BCUT2D eigenvalue weighted by atomic mass is 79.9. The van der Waals surface area contributed by atoms with Gasteiger partial charge in [0.15, 0.2) is 11.5 Å². The van der Waals surface area contributed by atoms with Crippen LogP contribution in [0.3, 0.4) is 0 Å². The molecule has 0 heterocycles. The first-order chi connectivity index (χ1) is 8.97. The highest BCUT2D eigenvalue weighted by Gasteiger charge is 2.09. The number of hydrogen-bond acceptors (Lipinski definition) is 3. The van der Waals surface area contributed by atoms with E-state index in [0.717, 1.165) is 10.0 Å². The second kappa shape index (κ2) is 7.19. The third kappa shape index (κ3) is 4.59. The van der Waals surface area contributed by atoms with Gasteiger partial charge < -0.3 is 14.8 Å². The third-order valence-electron chi connectivity index (χ3n) is 2.31. The normalized spacial score (nSPS) is 10.8. The molecule has 5 heteroatoms. The Labute approximate surface area is 121 Å². The van der Waals surface area contributed by atoms with Gasteiger partial charge in [0.1, 0.15) is 0 Å². The van der Waals surface area contributed by atoms with Crippen LogP contribution in [-0.2, 0) is 4.79 Å². The highest BCUT2D eigenvalue weighted by Crippen LogP contribution is 2.36. The number of halogens is 1. The van der Waals surface area contributed by atoms with Crippen LogP contribution in [0.15, 0.2) is 22.7 Å². The van der Waals surface area contributed by atoms with Crippen LogP contribution in [0.1, 0.15) is 19.4 Å². The number of rotatable bonds is 5. The fourth-order valence-corrected chi connectivity index (χ4v) is 2.16. The fourth-order valence-electron chi connectivity index (χ4n) is 1.54. The third-order valence-corrected chi connectivity index (χ3v) is 2.90. The van der Waals surface area contributed by atoms with Gasteiger partial charge >= 0.3 is 0 Å². The smallest absolute Gasteiger partial charge is 0.244 e. The molecule has 4 nitrogen and oxygen atoms in total. The van der Waals surface area contributed by atoms with Crippen LogP contribution in [0.2, 0.25) is 0 Å². The zero-order valence-corrected chi connectivity index (χ0v) is 13.1. The Bertz CT molecular complexity index is 484. The molecule has 0 bridgehead atoms. The van der Waals surface area contributed by atoms with Gasteiger partial charge in [-0.3, -0.25) is 4.79 Å². The SMILES string of the molecule is COc1cc(/C=C/C(=O)NC(C)C)cc(Br)c1OC. The van der Waals surface area contributed by atoms with E-state index < -0.39 is 0 Å². The molecule has 1 aromatic rings. The maximum Gasteiger partial charge on any atom is 0.244 e. The van der Waals surface area contributed by atoms with Gasteiger partial charge in [-0.15, -0.1) is 0 Å². The second-order valence-corrected chi connectivity index (χ2v) is 5.09. The van der Waals surface area contributed by atoms with E-state index in [2.05, 4.69) is 21.2 Å². The summed E-state index contributed by atoms with van der Waals surface area (Å²) in [4.78, 5) is 11.5. The van der Waals surface area contributed by atoms with Crippen molar-refractivity contribution in [3.63, 3.8) is 0 Å². The van der Waals surface area contributed by atoms with Gasteiger partial charge in [0.25, 0.3) is 0 Å². The molecule has 1 N–H and O–H groups in total. The topological polar surface area (TPSA) is 47.6 Å². The summed E-state index contributed by atoms with van der Waals surface area (Å²) in [7, 11) is 3.15. The minimum absolute atomic E-state index is 0.120. The number of benzene rings is 1. The summed E-state index contributed by atoms with van der Waals surface area (Å²) in [5.41, 5.74) is 0.850. The molecule has 19 heavy (non-hydrogen) atoms. The zero-order valence-electron chi connectivity index (χ0n) is 11.5. The van der Waals surface area contributed by atoms with Gasteiger partial charge in [-0.25, -0.2) is 0 Å². The van der Waals surface area contributed by atoms with Crippen LogP contribution in [0.4, 0.5) is 0 Å². The first kappa shape index (κ1) is 15.6. The lowest BCUT2D eigenvalue weighted by atomic mass is 10.2. The molecule has 0 fully saturated rings. The van der Waals surface area contributed by atoms with E-state index >= 15 is 0 Å². The van der Waals surface area contributed by atoms with Crippen LogP contribution >= 0.6 is 15.9 Å². The van der Waals surface area contributed by atoms with E-state index in [0.29, 0.717) is 11.5 Å². The molecule has 1 rings (SSSR count). The van der Waals surface area contributed by atoms with Gasteiger partial charge in [0, 0.05) is 12.1 Å². The lowest BCUT2D eigenvalue weighted by molar-refractivity contribution is -0.116. The number of amides is 1. The Morgan fingerprint density at radius 2 is 2.00 bits per heavy atom. The lowest BCUT2D eigenvalue weighted by Crippen LogP contribution is -2.28. The molecule has 104 valence electrons. The van der Waals surface area contributed by atoms with Gasteiger partial charge in [-0.2, -0.15) is 0 Å². The second-order valence-electron chi connectivity index (χ2n) is 4.23. The molecule has 0 spiro atoms. The van der Waals surface area contributed by atoms with Crippen LogP contribution < -0.4 is 14.8 Å².